The average Bonchev–Trinajstić information content (AvgIpc) is 3.01. The van der Waals surface area contributed by atoms with Crippen LogP contribution in [0.2, 0.25) is 0 Å². The Hall–Kier alpha value is -1.97. The summed E-state index contributed by atoms with van der Waals surface area (Å²) in [5.74, 6) is -0.484. The Kier molecular flexibility index (Phi) is 3.63. The highest BCUT2D eigenvalue weighted by molar-refractivity contribution is 5.98. The Labute approximate surface area is 117 Å². The lowest BCUT2D eigenvalue weighted by atomic mass is 9.83. The highest BCUT2D eigenvalue weighted by Gasteiger charge is 2.24. The SMILES string of the molecule is O=C(c1ccc(-c2ccn[nH]2)cc1F)C1CCCCC1. The molecule has 1 saturated carbocycles. The molecule has 0 radical (unpaired) electrons. The Morgan fingerprint density at radius 2 is 2.00 bits per heavy atom. The minimum absolute atomic E-state index is 0.00347. The lowest BCUT2D eigenvalue weighted by Crippen LogP contribution is -2.19. The fourth-order valence-corrected chi connectivity index (χ4v) is 2.88. The van der Waals surface area contributed by atoms with Gasteiger partial charge in [0.25, 0.3) is 0 Å². The third-order valence-electron chi connectivity index (χ3n) is 4.02. The van der Waals surface area contributed by atoms with Crippen LogP contribution < -0.4 is 0 Å². The van der Waals surface area contributed by atoms with Crippen LogP contribution in [0.1, 0.15) is 42.5 Å². The Morgan fingerprint density at radius 3 is 2.65 bits per heavy atom. The summed E-state index contributed by atoms with van der Waals surface area (Å²) in [6.07, 6.45) is 6.73. The maximum Gasteiger partial charge on any atom is 0.168 e. The number of carbonyl (C=O) groups excluding carboxylic acids is 1. The topological polar surface area (TPSA) is 45.8 Å². The molecular weight excluding hydrogens is 255 g/mol. The second-order valence-electron chi connectivity index (χ2n) is 5.36. The summed E-state index contributed by atoms with van der Waals surface area (Å²) in [7, 11) is 0. The largest absolute Gasteiger partial charge is 0.294 e. The first-order valence-corrected chi connectivity index (χ1v) is 7.09. The van der Waals surface area contributed by atoms with Gasteiger partial charge in [0.2, 0.25) is 0 Å². The predicted molar refractivity (Wildman–Crippen MR) is 74.9 cm³/mol. The maximum atomic E-state index is 14.2. The number of aromatic nitrogens is 2. The van der Waals surface area contributed by atoms with Gasteiger partial charge in [-0.3, -0.25) is 9.89 Å². The minimum Gasteiger partial charge on any atom is -0.294 e. The van der Waals surface area contributed by atoms with E-state index >= 15 is 0 Å². The van der Waals surface area contributed by atoms with Gasteiger partial charge in [-0.2, -0.15) is 5.10 Å². The Morgan fingerprint density at radius 1 is 1.20 bits per heavy atom. The molecule has 1 aliphatic carbocycles. The van der Waals surface area contributed by atoms with E-state index in [-0.39, 0.29) is 17.3 Å². The average molecular weight is 272 g/mol. The minimum atomic E-state index is -0.437. The molecule has 3 rings (SSSR count). The van der Waals surface area contributed by atoms with Crippen LogP contribution in [0.3, 0.4) is 0 Å². The van der Waals surface area contributed by atoms with Gasteiger partial charge in [-0.05, 0) is 31.0 Å². The molecule has 2 aromatic rings. The zero-order valence-corrected chi connectivity index (χ0v) is 11.2. The van der Waals surface area contributed by atoms with E-state index < -0.39 is 5.82 Å². The predicted octanol–water partition coefficient (Wildman–Crippen LogP) is 3.98. The molecule has 1 aliphatic rings. The van der Waals surface area contributed by atoms with E-state index in [9.17, 15) is 9.18 Å². The molecule has 1 aromatic carbocycles. The first-order chi connectivity index (χ1) is 9.75. The van der Waals surface area contributed by atoms with Gasteiger partial charge in [0.05, 0.1) is 11.3 Å². The second kappa shape index (κ2) is 5.57. The first kappa shape index (κ1) is 13.0. The van der Waals surface area contributed by atoms with Crippen molar-refractivity contribution in [2.75, 3.05) is 0 Å². The van der Waals surface area contributed by atoms with Crippen LogP contribution in [0.4, 0.5) is 4.39 Å². The number of nitrogens with one attached hydrogen (secondary N) is 1. The molecule has 1 fully saturated rings. The van der Waals surface area contributed by atoms with Crippen molar-refractivity contribution in [2.45, 2.75) is 32.1 Å². The van der Waals surface area contributed by atoms with Crippen LogP contribution in [0.15, 0.2) is 30.5 Å². The van der Waals surface area contributed by atoms with Gasteiger partial charge in [0.1, 0.15) is 5.82 Å². The number of benzene rings is 1. The smallest absolute Gasteiger partial charge is 0.168 e. The van der Waals surface area contributed by atoms with E-state index in [1.165, 1.54) is 12.5 Å². The molecule has 0 unspecified atom stereocenters. The third kappa shape index (κ3) is 2.50. The van der Waals surface area contributed by atoms with Crippen molar-refractivity contribution >= 4 is 5.78 Å². The number of carbonyl (C=O) groups is 1. The monoisotopic (exact) mass is 272 g/mol. The number of ketones is 1. The molecule has 20 heavy (non-hydrogen) atoms. The van der Waals surface area contributed by atoms with E-state index in [0.717, 1.165) is 31.4 Å². The fourth-order valence-electron chi connectivity index (χ4n) is 2.88. The van der Waals surface area contributed by atoms with Gasteiger partial charge in [-0.25, -0.2) is 4.39 Å². The van der Waals surface area contributed by atoms with Crippen molar-refractivity contribution in [3.05, 3.63) is 41.8 Å². The summed E-state index contributed by atoms with van der Waals surface area (Å²) in [5.41, 5.74) is 1.68. The van der Waals surface area contributed by atoms with Gasteiger partial charge in [0.15, 0.2) is 5.78 Å². The van der Waals surface area contributed by atoms with Crippen LogP contribution in [0.25, 0.3) is 11.3 Å². The maximum absolute atomic E-state index is 14.2. The molecule has 1 heterocycles. The quantitative estimate of drug-likeness (QED) is 0.859. The Bertz CT molecular complexity index is 601. The number of hydrogen-bond acceptors (Lipinski definition) is 2. The van der Waals surface area contributed by atoms with Crippen molar-refractivity contribution in [1.82, 2.24) is 10.2 Å². The number of rotatable bonds is 3. The number of aromatic amines is 1. The van der Waals surface area contributed by atoms with Crippen molar-refractivity contribution in [2.24, 2.45) is 5.92 Å². The number of halogens is 1. The number of hydrogen-bond donors (Lipinski definition) is 1. The Balaban J connectivity index is 1.85. The number of H-pyrrole nitrogens is 1. The van der Waals surface area contributed by atoms with E-state index in [1.54, 1.807) is 24.4 Å². The van der Waals surface area contributed by atoms with E-state index in [1.807, 2.05) is 0 Å². The van der Waals surface area contributed by atoms with Gasteiger partial charge < -0.3 is 0 Å². The summed E-state index contributed by atoms with van der Waals surface area (Å²) in [4.78, 5) is 12.4. The lowest BCUT2D eigenvalue weighted by molar-refractivity contribution is 0.0885. The molecule has 0 spiro atoms. The normalized spacial score (nSPS) is 16.2. The molecule has 0 bridgehead atoms. The second-order valence-corrected chi connectivity index (χ2v) is 5.36. The molecule has 0 saturated heterocycles. The third-order valence-corrected chi connectivity index (χ3v) is 4.02. The highest BCUT2D eigenvalue weighted by atomic mass is 19.1. The van der Waals surface area contributed by atoms with Crippen molar-refractivity contribution in [3.63, 3.8) is 0 Å². The molecule has 4 heteroatoms. The van der Waals surface area contributed by atoms with Crippen LogP contribution in [-0.4, -0.2) is 16.0 Å². The van der Waals surface area contributed by atoms with Gasteiger partial charge in [-0.15, -0.1) is 0 Å². The fraction of sp³-hybridized carbons (Fsp3) is 0.375. The van der Waals surface area contributed by atoms with E-state index in [4.69, 9.17) is 0 Å². The van der Waals surface area contributed by atoms with Crippen molar-refractivity contribution in [1.29, 1.82) is 0 Å². The van der Waals surface area contributed by atoms with Crippen molar-refractivity contribution in [3.8, 4) is 11.3 Å². The van der Waals surface area contributed by atoms with Gasteiger partial charge in [-0.1, -0.05) is 25.3 Å². The molecule has 3 nitrogen and oxygen atoms in total. The van der Waals surface area contributed by atoms with Crippen LogP contribution in [-0.2, 0) is 0 Å². The molecule has 1 aromatic heterocycles. The standard InChI is InChI=1S/C16H17FN2O/c17-14-10-12(15-8-9-18-19-15)6-7-13(14)16(20)11-4-2-1-3-5-11/h6-11H,1-5H2,(H,18,19). The first-order valence-electron chi connectivity index (χ1n) is 7.09. The molecule has 1 N–H and O–H groups in total. The van der Waals surface area contributed by atoms with Gasteiger partial charge in [0, 0.05) is 17.7 Å². The zero-order chi connectivity index (χ0) is 13.9. The summed E-state index contributed by atoms with van der Waals surface area (Å²) in [6, 6.07) is 6.55. The summed E-state index contributed by atoms with van der Waals surface area (Å²) in [6.45, 7) is 0. The molecule has 0 amide bonds. The zero-order valence-electron chi connectivity index (χ0n) is 11.2. The molecule has 0 atom stereocenters. The summed E-state index contributed by atoms with van der Waals surface area (Å²) < 4.78 is 14.2. The summed E-state index contributed by atoms with van der Waals surface area (Å²) in [5, 5.41) is 6.64. The lowest BCUT2D eigenvalue weighted by Gasteiger charge is -2.20. The van der Waals surface area contributed by atoms with Gasteiger partial charge >= 0.3 is 0 Å². The van der Waals surface area contributed by atoms with E-state index in [2.05, 4.69) is 10.2 Å². The molecule has 0 aliphatic heterocycles. The van der Waals surface area contributed by atoms with Crippen LogP contribution in [0.5, 0.6) is 0 Å². The summed E-state index contributed by atoms with van der Waals surface area (Å²) >= 11 is 0. The van der Waals surface area contributed by atoms with Crippen LogP contribution in [0, 0.1) is 11.7 Å². The van der Waals surface area contributed by atoms with E-state index in [0.29, 0.717) is 5.56 Å². The molecule has 104 valence electrons. The molecular formula is C16H17FN2O. The number of Topliss-reactive ketones (excluding diaryl/α,β-unsaturated/α-hetero) is 1. The number of nitrogens with zero attached hydrogens (tertiary/aromatic N) is 1. The van der Waals surface area contributed by atoms with Crippen LogP contribution >= 0.6 is 0 Å². The highest BCUT2D eigenvalue weighted by Crippen LogP contribution is 2.29. The van der Waals surface area contributed by atoms with Crippen molar-refractivity contribution < 1.29 is 9.18 Å².